The van der Waals surface area contributed by atoms with E-state index in [4.69, 9.17) is 0 Å². The van der Waals surface area contributed by atoms with Crippen LogP contribution < -0.4 is 0 Å². The normalized spacial score (nSPS) is 37.8. The Hall–Kier alpha value is -0.260. The van der Waals surface area contributed by atoms with Gasteiger partial charge in [0.2, 0.25) is 0 Å². The van der Waals surface area contributed by atoms with Crippen LogP contribution >= 0.6 is 0 Å². The summed E-state index contributed by atoms with van der Waals surface area (Å²) < 4.78 is 0. The van der Waals surface area contributed by atoms with Gasteiger partial charge in [-0.05, 0) is 43.9 Å². The van der Waals surface area contributed by atoms with E-state index in [9.17, 15) is 0 Å². The highest BCUT2D eigenvalue weighted by Gasteiger charge is 2.23. The number of fused-ring (bicyclic) bond motifs is 1. The Balaban J connectivity index is 2.02. The maximum Gasteiger partial charge on any atom is -0.0205 e. The Morgan fingerprint density at radius 3 is 2.73 bits per heavy atom. The molecule has 2 unspecified atom stereocenters. The summed E-state index contributed by atoms with van der Waals surface area (Å²) in [5.41, 5.74) is 0. The van der Waals surface area contributed by atoms with Gasteiger partial charge in [-0.3, -0.25) is 0 Å². The summed E-state index contributed by atoms with van der Waals surface area (Å²) in [5, 5.41) is 0. The minimum atomic E-state index is 0.964. The molecule has 0 heteroatoms. The Morgan fingerprint density at radius 1 is 0.909 bits per heavy atom. The standard InChI is InChI=1S/C11H18/c1-2-6-10-8-4-5-9-11(10)7-3-1/h2,6,10-11H,1,3-5,7-9H2. The van der Waals surface area contributed by atoms with Crippen LogP contribution in [-0.2, 0) is 0 Å². The molecule has 0 saturated heterocycles. The van der Waals surface area contributed by atoms with Gasteiger partial charge in [-0.15, -0.1) is 0 Å². The molecule has 1 fully saturated rings. The molecule has 0 aromatic heterocycles. The third-order valence-corrected chi connectivity index (χ3v) is 3.30. The molecule has 2 atom stereocenters. The van der Waals surface area contributed by atoms with Crippen LogP contribution in [0.2, 0.25) is 0 Å². The molecule has 0 N–H and O–H groups in total. The molecule has 2 rings (SSSR count). The van der Waals surface area contributed by atoms with Crippen molar-refractivity contribution in [1.29, 1.82) is 0 Å². The zero-order valence-electron chi connectivity index (χ0n) is 7.26. The Morgan fingerprint density at radius 2 is 1.73 bits per heavy atom. The summed E-state index contributed by atoms with van der Waals surface area (Å²) in [6, 6.07) is 0. The molecule has 0 heterocycles. The van der Waals surface area contributed by atoms with Gasteiger partial charge in [0.1, 0.15) is 0 Å². The molecular formula is C11H18. The molecule has 0 spiro atoms. The van der Waals surface area contributed by atoms with Crippen LogP contribution in [0.3, 0.4) is 0 Å². The van der Waals surface area contributed by atoms with Crippen molar-refractivity contribution in [2.24, 2.45) is 11.8 Å². The molecule has 62 valence electrons. The molecule has 1 saturated carbocycles. The van der Waals surface area contributed by atoms with Crippen molar-refractivity contribution in [2.45, 2.75) is 44.9 Å². The van der Waals surface area contributed by atoms with Gasteiger partial charge in [0, 0.05) is 0 Å². The Kier molecular flexibility index (Phi) is 2.30. The SMILES string of the molecule is C1=CC2CCCCC2CCC1. The van der Waals surface area contributed by atoms with Gasteiger partial charge in [0.05, 0.1) is 0 Å². The number of hydrogen-bond donors (Lipinski definition) is 0. The van der Waals surface area contributed by atoms with Gasteiger partial charge in [0.15, 0.2) is 0 Å². The molecule has 11 heavy (non-hydrogen) atoms. The average Bonchev–Trinajstić information content (AvgIpc) is 2.28. The van der Waals surface area contributed by atoms with Crippen molar-refractivity contribution in [3.63, 3.8) is 0 Å². The van der Waals surface area contributed by atoms with Gasteiger partial charge < -0.3 is 0 Å². The van der Waals surface area contributed by atoms with E-state index in [0.29, 0.717) is 0 Å². The summed E-state index contributed by atoms with van der Waals surface area (Å²) in [4.78, 5) is 0. The van der Waals surface area contributed by atoms with Crippen LogP contribution in [0, 0.1) is 11.8 Å². The zero-order chi connectivity index (χ0) is 7.52. The molecule has 0 aliphatic heterocycles. The van der Waals surface area contributed by atoms with Crippen molar-refractivity contribution in [1.82, 2.24) is 0 Å². The second-order valence-corrected chi connectivity index (χ2v) is 4.07. The summed E-state index contributed by atoms with van der Waals surface area (Å²) in [7, 11) is 0. The Labute approximate surface area is 69.7 Å². The maximum absolute atomic E-state index is 2.50. The lowest BCUT2D eigenvalue weighted by Crippen LogP contribution is -2.16. The topological polar surface area (TPSA) is 0 Å². The van der Waals surface area contributed by atoms with E-state index in [1.54, 1.807) is 0 Å². The first kappa shape index (κ1) is 7.39. The third kappa shape index (κ3) is 1.66. The van der Waals surface area contributed by atoms with E-state index in [1.807, 2.05) is 0 Å². The summed E-state index contributed by atoms with van der Waals surface area (Å²) in [6.45, 7) is 0. The van der Waals surface area contributed by atoms with Gasteiger partial charge in [-0.1, -0.05) is 25.0 Å². The van der Waals surface area contributed by atoms with Crippen molar-refractivity contribution in [3.05, 3.63) is 12.2 Å². The van der Waals surface area contributed by atoms with Crippen molar-refractivity contribution in [2.75, 3.05) is 0 Å². The highest BCUT2D eigenvalue weighted by atomic mass is 14.3. The summed E-state index contributed by atoms with van der Waals surface area (Å²) >= 11 is 0. The molecule has 2 aliphatic carbocycles. The van der Waals surface area contributed by atoms with Crippen LogP contribution in [-0.4, -0.2) is 0 Å². The van der Waals surface area contributed by atoms with Gasteiger partial charge in [-0.2, -0.15) is 0 Å². The predicted molar refractivity (Wildman–Crippen MR) is 48.4 cm³/mol. The second kappa shape index (κ2) is 3.42. The lowest BCUT2D eigenvalue weighted by atomic mass is 9.78. The molecule has 0 amide bonds. The fraction of sp³-hybridized carbons (Fsp3) is 0.818. The quantitative estimate of drug-likeness (QED) is 0.463. The lowest BCUT2D eigenvalue weighted by Gasteiger charge is -2.28. The smallest absolute Gasteiger partial charge is 0.0205 e. The molecular weight excluding hydrogens is 132 g/mol. The van der Waals surface area contributed by atoms with Crippen LogP contribution in [0.5, 0.6) is 0 Å². The first-order chi connectivity index (χ1) is 5.47. The molecule has 0 aromatic rings. The molecule has 0 nitrogen and oxygen atoms in total. The van der Waals surface area contributed by atoms with Crippen LogP contribution in [0.1, 0.15) is 44.9 Å². The first-order valence-electron chi connectivity index (χ1n) is 5.13. The minimum Gasteiger partial charge on any atom is -0.0882 e. The van der Waals surface area contributed by atoms with E-state index in [-0.39, 0.29) is 0 Å². The highest BCUT2D eigenvalue weighted by Crippen LogP contribution is 2.36. The average molecular weight is 150 g/mol. The number of rotatable bonds is 0. The third-order valence-electron chi connectivity index (χ3n) is 3.30. The second-order valence-electron chi connectivity index (χ2n) is 4.07. The fourth-order valence-electron chi connectivity index (χ4n) is 2.62. The van der Waals surface area contributed by atoms with E-state index in [2.05, 4.69) is 12.2 Å². The molecule has 0 radical (unpaired) electrons. The van der Waals surface area contributed by atoms with Gasteiger partial charge in [-0.25, -0.2) is 0 Å². The first-order valence-corrected chi connectivity index (χ1v) is 5.13. The minimum absolute atomic E-state index is 0.964. The van der Waals surface area contributed by atoms with E-state index in [1.165, 1.54) is 44.9 Å². The molecule has 0 bridgehead atoms. The molecule has 2 aliphatic rings. The largest absolute Gasteiger partial charge is 0.0882 e. The number of hydrogen-bond acceptors (Lipinski definition) is 0. The van der Waals surface area contributed by atoms with Crippen molar-refractivity contribution < 1.29 is 0 Å². The van der Waals surface area contributed by atoms with Crippen molar-refractivity contribution >= 4 is 0 Å². The maximum atomic E-state index is 2.50. The molecule has 0 aromatic carbocycles. The van der Waals surface area contributed by atoms with Gasteiger partial charge in [0.25, 0.3) is 0 Å². The van der Waals surface area contributed by atoms with Crippen LogP contribution in [0.15, 0.2) is 12.2 Å². The highest BCUT2D eigenvalue weighted by molar-refractivity contribution is 4.96. The van der Waals surface area contributed by atoms with Crippen LogP contribution in [0.25, 0.3) is 0 Å². The van der Waals surface area contributed by atoms with Crippen LogP contribution in [0.4, 0.5) is 0 Å². The predicted octanol–water partition coefficient (Wildman–Crippen LogP) is 3.53. The van der Waals surface area contributed by atoms with Gasteiger partial charge >= 0.3 is 0 Å². The number of allylic oxidation sites excluding steroid dienone is 2. The summed E-state index contributed by atoms with van der Waals surface area (Å²) in [5.74, 6) is 2.02. The van der Waals surface area contributed by atoms with E-state index < -0.39 is 0 Å². The van der Waals surface area contributed by atoms with Crippen molar-refractivity contribution in [3.8, 4) is 0 Å². The Bertz CT molecular complexity index is 146. The van der Waals surface area contributed by atoms with E-state index in [0.717, 1.165) is 11.8 Å². The monoisotopic (exact) mass is 150 g/mol. The summed E-state index contributed by atoms with van der Waals surface area (Å²) in [6.07, 6.45) is 15.1. The fourth-order valence-corrected chi connectivity index (χ4v) is 2.62. The lowest BCUT2D eigenvalue weighted by molar-refractivity contribution is 0.270. The zero-order valence-corrected chi connectivity index (χ0v) is 7.26. The van der Waals surface area contributed by atoms with E-state index >= 15 is 0 Å².